The molecule has 0 saturated heterocycles. The second-order valence-electron chi connectivity index (χ2n) is 5.44. The summed E-state index contributed by atoms with van der Waals surface area (Å²) in [6.07, 6.45) is 1.88. The standard InChI is InChI=1S/C14H17ClN4O2/c1-8(2)5-11(19(20)21)6-10-7-12-9(3)17-18(4)14(12)16-13(10)15/h6-8H,5H2,1-4H3. The van der Waals surface area contributed by atoms with Crippen molar-refractivity contribution in [2.45, 2.75) is 27.2 Å². The van der Waals surface area contributed by atoms with Gasteiger partial charge in [-0.05, 0) is 18.9 Å². The van der Waals surface area contributed by atoms with E-state index >= 15 is 0 Å². The predicted octanol–water partition coefficient (Wildman–Crippen LogP) is 3.59. The van der Waals surface area contributed by atoms with Gasteiger partial charge in [0.25, 0.3) is 0 Å². The van der Waals surface area contributed by atoms with E-state index in [0.29, 0.717) is 17.6 Å². The predicted molar refractivity (Wildman–Crippen MR) is 82.7 cm³/mol. The molecule has 0 fully saturated rings. The van der Waals surface area contributed by atoms with Crippen LogP contribution >= 0.6 is 11.6 Å². The van der Waals surface area contributed by atoms with Crippen molar-refractivity contribution in [2.75, 3.05) is 0 Å². The highest BCUT2D eigenvalue weighted by molar-refractivity contribution is 6.31. The van der Waals surface area contributed by atoms with Crippen molar-refractivity contribution in [3.8, 4) is 0 Å². The molecule has 2 aromatic heterocycles. The number of aromatic nitrogens is 3. The summed E-state index contributed by atoms with van der Waals surface area (Å²) in [5.41, 5.74) is 2.17. The summed E-state index contributed by atoms with van der Waals surface area (Å²) in [6, 6.07) is 1.80. The summed E-state index contributed by atoms with van der Waals surface area (Å²) < 4.78 is 1.65. The van der Waals surface area contributed by atoms with Crippen LogP contribution in [-0.4, -0.2) is 19.7 Å². The van der Waals surface area contributed by atoms with Gasteiger partial charge in [-0.15, -0.1) is 0 Å². The molecule has 0 amide bonds. The van der Waals surface area contributed by atoms with E-state index in [0.717, 1.165) is 11.1 Å². The molecule has 0 aromatic carbocycles. The average Bonchev–Trinajstić information content (AvgIpc) is 2.63. The number of fused-ring (bicyclic) bond motifs is 1. The minimum absolute atomic E-state index is 0.134. The first-order chi connectivity index (χ1) is 9.79. The Morgan fingerprint density at radius 3 is 2.81 bits per heavy atom. The largest absolute Gasteiger partial charge is 0.259 e. The molecule has 21 heavy (non-hydrogen) atoms. The van der Waals surface area contributed by atoms with Gasteiger partial charge in [0.15, 0.2) is 5.65 Å². The summed E-state index contributed by atoms with van der Waals surface area (Å²) in [5.74, 6) is 0.192. The Kier molecular flexibility index (Phi) is 4.27. The SMILES string of the molecule is Cc1nn(C)c2nc(Cl)c(C=C(CC(C)C)[N+](=O)[O-])cc12. The molecule has 0 aliphatic carbocycles. The lowest BCUT2D eigenvalue weighted by Gasteiger charge is -2.04. The molecule has 0 unspecified atom stereocenters. The van der Waals surface area contributed by atoms with Crippen LogP contribution in [0.3, 0.4) is 0 Å². The molecule has 0 N–H and O–H groups in total. The van der Waals surface area contributed by atoms with Gasteiger partial charge in [0.2, 0.25) is 5.70 Å². The van der Waals surface area contributed by atoms with Crippen LogP contribution in [0.25, 0.3) is 17.1 Å². The molecule has 0 bridgehead atoms. The van der Waals surface area contributed by atoms with E-state index in [-0.39, 0.29) is 21.7 Å². The highest BCUT2D eigenvalue weighted by Crippen LogP contribution is 2.25. The van der Waals surface area contributed by atoms with Crippen LogP contribution in [0.1, 0.15) is 31.5 Å². The van der Waals surface area contributed by atoms with E-state index in [9.17, 15) is 10.1 Å². The molecule has 0 aliphatic rings. The molecule has 0 spiro atoms. The second-order valence-corrected chi connectivity index (χ2v) is 5.80. The number of hydrogen-bond donors (Lipinski definition) is 0. The Morgan fingerprint density at radius 1 is 1.57 bits per heavy atom. The zero-order valence-electron chi connectivity index (χ0n) is 12.4. The number of nitro groups is 1. The summed E-state index contributed by atoms with van der Waals surface area (Å²) in [7, 11) is 1.79. The van der Waals surface area contributed by atoms with Gasteiger partial charge < -0.3 is 0 Å². The highest BCUT2D eigenvalue weighted by atomic mass is 35.5. The Morgan fingerprint density at radius 2 is 2.24 bits per heavy atom. The fourth-order valence-electron chi connectivity index (χ4n) is 2.22. The maximum Gasteiger partial charge on any atom is 0.247 e. The smallest absolute Gasteiger partial charge is 0.247 e. The molecule has 7 heteroatoms. The molecule has 6 nitrogen and oxygen atoms in total. The molecule has 0 radical (unpaired) electrons. The molecule has 112 valence electrons. The third kappa shape index (κ3) is 3.21. The molecule has 2 heterocycles. The van der Waals surface area contributed by atoms with Crippen molar-refractivity contribution in [2.24, 2.45) is 13.0 Å². The van der Waals surface area contributed by atoms with Crippen molar-refractivity contribution in [3.63, 3.8) is 0 Å². The lowest BCUT2D eigenvalue weighted by molar-refractivity contribution is -0.427. The molecule has 0 atom stereocenters. The van der Waals surface area contributed by atoms with Crippen molar-refractivity contribution in [3.05, 3.63) is 38.3 Å². The Hall–Kier alpha value is -1.95. The van der Waals surface area contributed by atoms with E-state index in [4.69, 9.17) is 11.6 Å². The maximum atomic E-state index is 11.1. The second kappa shape index (κ2) is 5.81. The first-order valence-corrected chi connectivity index (χ1v) is 7.02. The topological polar surface area (TPSA) is 73.8 Å². The van der Waals surface area contributed by atoms with Gasteiger partial charge in [0.05, 0.1) is 10.6 Å². The van der Waals surface area contributed by atoms with E-state index in [2.05, 4.69) is 10.1 Å². The van der Waals surface area contributed by atoms with Crippen LogP contribution in [0.2, 0.25) is 5.15 Å². The molecule has 2 rings (SSSR count). The Labute approximate surface area is 127 Å². The molecule has 2 aromatic rings. The van der Waals surface area contributed by atoms with Crippen LogP contribution in [0.4, 0.5) is 0 Å². The fraction of sp³-hybridized carbons (Fsp3) is 0.429. The number of nitrogens with zero attached hydrogens (tertiary/aromatic N) is 4. The third-order valence-corrected chi connectivity index (χ3v) is 3.46. The summed E-state index contributed by atoms with van der Waals surface area (Å²) in [4.78, 5) is 15.1. The lowest BCUT2D eigenvalue weighted by Crippen LogP contribution is -2.02. The summed E-state index contributed by atoms with van der Waals surface area (Å²) in [5, 5.41) is 16.5. The van der Waals surface area contributed by atoms with E-state index < -0.39 is 0 Å². The van der Waals surface area contributed by atoms with Gasteiger partial charge in [-0.25, -0.2) is 4.98 Å². The monoisotopic (exact) mass is 308 g/mol. The first-order valence-electron chi connectivity index (χ1n) is 6.64. The number of aryl methyl sites for hydroxylation is 2. The third-order valence-electron chi connectivity index (χ3n) is 3.15. The first kappa shape index (κ1) is 15.4. The van der Waals surface area contributed by atoms with Crippen molar-refractivity contribution in [1.29, 1.82) is 0 Å². The van der Waals surface area contributed by atoms with Gasteiger partial charge in [-0.2, -0.15) is 5.10 Å². The minimum atomic E-state index is -0.364. The van der Waals surface area contributed by atoms with E-state index in [1.807, 2.05) is 20.8 Å². The van der Waals surface area contributed by atoms with E-state index in [1.54, 1.807) is 17.8 Å². The van der Waals surface area contributed by atoms with Crippen LogP contribution < -0.4 is 0 Å². The summed E-state index contributed by atoms with van der Waals surface area (Å²) >= 11 is 6.15. The lowest BCUT2D eigenvalue weighted by atomic mass is 10.1. The minimum Gasteiger partial charge on any atom is -0.259 e. The van der Waals surface area contributed by atoms with Gasteiger partial charge in [-0.1, -0.05) is 25.4 Å². The van der Waals surface area contributed by atoms with Crippen LogP contribution in [0.15, 0.2) is 11.8 Å². The quantitative estimate of drug-likeness (QED) is 0.491. The van der Waals surface area contributed by atoms with Gasteiger partial charge in [-0.3, -0.25) is 14.8 Å². The Bertz CT molecular complexity index is 734. The Balaban J connectivity index is 2.57. The van der Waals surface area contributed by atoms with Crippen molar-refractivity contribution >= 4 is 28.7 Å². The zero-order valence-corrected chi connectivity index (χ0v) is 13.2. The summed E-state index contributed by atoms with van der Waals surface area (Å²) in [6.45, 7) is 5.74. The molecule has 0 saturated carbocycles. The molecular formula is C14H17ClN4O2. The van der Waals surface area contributed by atoms with Crippen LogP contribution in [0, 0.1) is 23.0 Å². The van der Waals surface area contributed by atoms with Gasteiger partial charge >= 0.3 is 0 Å². The molecule has 0 aliphatic heterocycles. The number of hydrogen-bond acceptors (Lipinski definition) is 4. The van der Waals surface area contributed by atoms with E-state index in [1.165, 1.54) is 6.08 Å². The average molecular weight is 309 g/mol. The van der Waals surface area contributed by atoms with Crippen LogP contribution in [0.5, 0.6) is 0 Å². The maximum absolute atomic E-state index is 11.1. The molecular weight excluding hydrogens is 292 g/mol. The van der Waals surface area contributed by atoms with Crippen molar-refractivity contribution < 1.29 is 4.92 Å². The van der Waals surface area contributed by atoms with Crippen LogP contribution in [-0.2, 0) is 7.05 Å². The number of halogens is 1. The van der Waals surface area contributed by atoms with Gasteiger partial charge in [0.1, 0.15) is 5.15 Å². The highest BCUT2D eigenvalue weighted by Gasteiger charge is 2.16. The number of allylic oxidation sites excluding steroid dienone is 1. The fourth-order valence-corrected chi connectivity index (χ4v) is 2.41. The normalized spacial score (nSPS) is 12.4. The number of rotatable bonds is 4. The van der Waals surface area contributed by atoms with Crippen molar-refractivity contribution in [1.82, 2.24) is 14.8 Å². The van der Waals surface area contributed by atoms with Gasteiger partial charge in [0, 0.05) is 30.5 Å². The number of pyridine rings is 1. The zero-order chi connectivity index (χ0) is 15.7.